The van der Waals surface area contributed by atoms with Crippen LogP contribution >= 0.6 is 0 Å². The summed E-state index contributed by atoms with van der Waals surface area (Å²) in [6, 6.07) is 9.93. The summed E-state index contributed by atoms with van der Waals surface area (Å²) in [5.74, 6) is -0.0423. The van der Waals surface area contributed by atoms with Gasteiger partial charge in [-0.3, -0.25) is 4.79 Å². The van der Waals surface area contributed by atoms with Gasteiger partial charge in [0, 0.05) is 13.1 Å². The van der Waals surface area contributed by atoms with Crippen molar-refractivity contribution in [3.8, 4) is 0 Å². The molecule has 3 nitrogen and oxygen atoms in total. The van der Waals surface area contributed by atoms with E-state index in [4.69, 9.17) is 4.74 Å². The number of hydrogen-bond acceptors (Lipinski definition) is 2. The molecule has 84 valence electrons. The molecule has 0 aromatic heterocycles. The smallest absolute Gasteiger partial charge is 0.246 e. The lowest BCUT2D eigenvalue weighted by molar-refractivity contribution is -0.126. The van der Waals surface area contributed by atoms with Crippen LogP contribution in [0.4, 0.5) is 0 Å². The first kappa shape index (κ1) is 10.9. The van der Waals surface area contributed by atoms with Crippen molar-refractivity contribution in [2.24, 2.45) is 0 Å². The Morgan fingerprint density at radius 3 is 2.75 bits per heavy atom. The molecule has 1 aromatic rings. The van der Waals surface area contributed by atoms with Crippen LogP contribution in [-0.4, -0.2) is 30.1 Å². The van der Waals surface area contributed by atoms with Crippen molar-refractivity contribution in [1.29, 1.82) is 0 Å². The lowest BCUT2D eigenvalue weighted by Crippen LogP contribution is -2.32. The maximum atomic E-state index is 11.6. The minimum absolute atomic E-state index is 0.0423. The van der Waals surface area contributed by atoms with Crippen molar-refractivity contribution in [3.63, 3.8) is 0 Å². The number of epoxide rings is 1. The number of benzene rings is 1. The van der Waals surface area contributed by atoms with Crippen molar-refractivity contribution in [2.45, 2.75) is 12.6 Å². The molecule has 1 heterocycles. The van der Waals surface area contributed by atoms with Crippen LogP contribution < -0.4 is 0 Å². The van der Waals surface area contributed by atoms with Gasteiger partial charge in [0.1, 0.15) is 0 Å². The summed E-state index contributed by atoms with van der Waals surface area (Å²) in [6.45, 7) is 5.55. The average molecular weight is 217 g/mol. The zero-order valence-electron chi connectivity index (χ0n) is 9.13. The summed E-state index contributed by atoms with van der Waals surface area (Å²) in [7, 11) is 0. The van der Waals surface area contributed by atoms with E-state index in [0.717, 1.165) is 12.2 Å². The van der Waals surface area contributed by atoms with Gasteiger partial charge >= 0.3 is 0 Å². The largest absolute Gasteiger partial charge is 0.371 e. The summed E-state index contributed by atoms with van der Waals surface area (Å²) >= 11 is 0. The van der Waals surface area contributed by atoms with E-state index in [1.165, 1.54) is 6.08 Å². The molecule has 1 unspecified atom stereocenters. The van der Waals surface area contributed by atoms with E-state index >= 15 is 0 Å². The molecule has 0 radical (unpaired) electrons. The van der Waals surface area contributed by atoms with Crippen LogP contribution in [0.3, 0.4) is 0 Å². The molecule has 0 N–H and O–H groups in total. The lowest BCUT2D eigenvalue weighted by atomic mass is 10.2. The van der Waals surface area contributed by atoms with Gasteiger partial charge in [-0.2, -0.15) is 0 Å². The molecule has 3 heteroatoms. The van der Waals surface area contributed by atoms with Crippen LogP contribution in [0, 0.1) is 0 Å². The van der Waals surface area contributed by atoms with E-state index in [1.807, 2.05) is 30.3 Å². The molecule has 16 heavy (non-hydrogen) atoms. The van der Waals surface area contributed by atoms with Gasteiger partial charge < -0.3 is 9.64 Å². The number of ether oxygens (including phenoxy) is 1. The highest BCUT2D eigenvalue weighted by atomic mass is 16.6. The van der Waals surface area contributed by atoms with E-state index < -0.39 is 0 Å². The molecule has 0 saturated carbocycles. The topological polar surface area (TPSA) is 32.8 Å². The number of rotatable bonds is 5. The Morgan fingerprint density at radius 2 is 2.19 bits per heavy atom. The zero-order chi connectivity index (χ0) is 11.4. The Labute approximate surface area is 95.3 Å². The fourth-order valence-corrected chi connectivity index (χ4v) is 1.58. The molecule has 1 saturated heterocycles. The summed E-state index contributed by atoms with van der Waals surface area (Å²) < 4.78 is 5.14. The van der Waals surface area contributed by atoms with Gasteiger partial charge in [-0.25, -0.2) is 0 Å². The second-order valence-corrected chi connectivity index (χ2v) is 3.86. The van der Waals surface area contributed by atoms with Crippen molar-refractivity contribution < 1.29 is 9.53 Å². The third-order valence-corrected chi connectivity index (χ3v) is 2.53. The predicted octanol–water partition coefficient (Wildman–Crippen LogP) is 1.60. The van der Waals surface area contributed by atoms with Gasteiger partial charge in [-0.15, -0.1) is 0 Å². The molecular weight excluding hydrogens is 202 g/mol. The Hall–Kier alpha value is -1.61. The average Bonchev–Trinajstić information content (AvgIpc) is 3.12. The minimum Gasteiger partial charge on any atom is -0.371 e. The standard InChI is InChI=1S/C13H15NO2/c1-2-13(15)14(9-12-10-16-12)8-11-6-4-3-5-7-11/h2-7,12H,1,8-10H2. The van der Waals surface area contributed by atoms with Crippen molar-refractivity contribution in [1.82, 2.24) is 4.90 Å². The fourth-order valence-electron chi connectivity index (χ4n) is 1.58. The van der Waals surface area contributed by atoms with E-state index in [0.29, 0.717) is 13.1 Å². The van der Waals surface area contributed by atoms with Gasteiger partial charge in [0.05, 0.1) is 12.7 Å². The fraction of sp³-hybridized carbons (Fsp3) is 0.308. The molecule has 1 aliphatic rings. The summed E-state index contributed by atoms with van der Waals surface area (Å²) in [4.78, 5) is 13.4. The molecule has 0 spiro atoms. The SMILES string of the molecule is C=CC(=O)N(Cc1ccccc1)CC1CO1. The van der Waals surface area contributed by atoms with Gasteiger partial charge in [-0.05, 0) is 11.6 Å². The minimum atomic E-state index is -0.0423. The maximum absolute atomic E-state index is 11.6. The van der Waals surface area contributed by atoms with E-state index in [2.05, 4.69) is 6.58 Å². The van der Waals surface area contributed by atoms with Gasteiger partial charge in [-0.1, -0.05) is 36.9 Å². The summed E-state index contributed by atoms with van der Waals surface area (Å²) in [5, 5.41) is 0. The molecular formula is C13H15NO2. The van der Waals surface area contributed by atoms with Crippen LogP contribution in [-0.2, 0) is 16.1 Å². The van der Waals surface area contributed by atoms with Gasteiger partial charge in [0.25, 0.3) is 0 Å². The molecule has 1 fully saturated rings. The van der Waals surface area contributed by atoms with E-state index in [9.17, 15) is 4.79 Å². The first-order valence-corrected chi connectivity index (χ1v) is 5.36. The summed E-state index contributed by atoms with van der Waals surface area (Å²) in [5.41, 5.74) is 1.12. The quantitative estimate of drug-likeness (QED) is 0.554. The number of nitrogens with zero attached hydrogens (tertiary/aromatic N) is 1. The predicted molar refractivity (Wildman–Crippen MR) is 61.8 cm³/mol. The summed E-state index contributed by atoms with van der Waals surface area (Å²) in [6.07, 6.45) is 1.57. The molecule has 1 aromatic carbocycles. The third-order valence-electron chi connectivity index (χ3n) is 2.53. The molecule has 2 rings (SSSR count). The first-order valence-electron chi connectivity index (χ1n) is 5.36. The number of hydrogen-bond donors (Lipinski definition) is 0. The molecule has 0 aliphatic carbocycles. The lowest BCUT2D eigenvalue weighted by Gasteiger charge is -2.20. The second-order valence-electron chi connectivity index (χ2n) is 3.86. The van der Waals surface area contributed by atoms with Crippen LogP contribution in [0.5, 0.6) is 0 Å². The number of amides is 1. The number of carbonyl (C=O) groups is 1. The number of carbonyl (C=O) groups excluding carboxylic acids is 1. The molecule has 0 bridgehead atoms. The first-order chi connectivity index (χ1) is 7.79. The van der Waals surface area contributed by atoms with Crippen molar-refractivity contribution >= 4 is 5.91 Å². The Bertz CT molecular complexity index is 371. The van der Waals surface area contributed by atoms with Crippen LogP contribution in [0.25, 0.3) is 0 Å². The highest BCUT2D eigenvalue weighted by molar-refractivity contribution is 5.87. The second kappa shape index (κ2) is 4.94. The van der Waals surface area contributed by atoms with Crippen molar-refractivity contribution in [3.05, 3.63) is 48.6 Å². The monoisotopic (exact) mass is 217 g/mol. The highest BCUT2D eigenvalue weighted by Crippen LogP contribution is 2.13. The Morgan fingerprint density at radius 1 is 1.50 bits per heavy atom. The Kier molecular flexibility index (Phi) is 3.37. The van der Waals surface area contributed by atoms with E-state index in [-0.39, 0.29) is 12.0 Å². The van der Waals surface area contributed by atoms with E-state index in [1.54, 1.807) is 4.90 Å². The maximum Gasteiger partial charge on any atom is 0.246 e. The van der Waals surface area contributed by atoms with Gasteiger partial charge in [0.2, 0.25) is 5.91 Å². The van der Waals surface area contributed by atoms with Crippen LogP contribution in [0.2, 0.25) is 0 Å². The molecule has 1 atom stereocenters. The third kappa shape index (κ3) is 2.94. The highest BCUT2D eigenvalue weighted by Gasteiger charge is 2.26. The van der Waals surface area contributed by atoms with Crippen LogP contribution in [0.1, 0.15) is 5.56 Å². The normalized spacial score (nSPS) is 17.9. The zero-order valence-corrected chi connectivity index (χ0v) is 9.13. The van der Waals surface area contributed by atoms with Crippen molar-refractivity contribution in [2.75, 3.05) is 13.2 Å². The molecule has 1 amide bonds. The van der Waals surface area contributed by atoms with Crippen LogP contribution in [0.15, 0.2) is 43.0 Å². The Balaban J connectivity index is 2.00. The molecule has 1 aliphatic heterocycles. The van der Waals surface area contributed by atoms with Gasteiger partial charge in [0.15, 0.2) is 0 Å².